The van der Waals surface area contributed by atoms with Crippen molar-refractivity contribution < 1.29 is 13.6 Å². The molecule has 0 bridgehead atoms. The lowest BCUT2D eigenvalue weighted by molar-refractivity contribution is 0.0955. The molecule has 0 unspecified atom stereocenters. The van der Waals surface area contributed by atoms with Gasteiger partial charge in [-0.05, 0) is 47.0 Å². The van der Waals surface area contributed by atoms with Gasteiger partial charge >= 0.3 is 0 Å². The Kier molecular flexibility index (Phi) is 4.50. The van der Waals surface area contributed by atoms with E-state index >= 15 is 0 Å². The monoisotopic (exact) mass is 362 g/mol. The molecular formula is C22H16F2N2O. The second-order valence-electron chi connectivity index (χ2n) is 6.33. The molecule has 0 atom stereocenters. The van der Waals surface area contributed by atoms with Crippen LogP contribution >= 0.6 is 0 Å². The molecule has 0 saturated heterocycles. The Morgan fingerprint density at radius 3 is 2.48 bits per heavy atom. The van der Waals surface area contributed by atoms with Gasteiger partial charge in [0.1, 0.15) is 11.6 Å². The van der Waals surface area contributed by atoms with Crippen molar-refractivity contribution in [1.29, 1.82) is 0 Å². The van der Waals surface area contributed by atoms with Crippen LogP contribution in [0.2, 0.25) is 0 Å². The molecule has 1 amide bonds. The highest BCUT2D eigenvalue weighted by Crippen LogP contribution is 2.27. The van der Waals surface area contributed by atoms with Crippen LogP contribution in [0.5, 0.6) is 0 Å². The van der Waals surface area contributed by atoms with Gasteiger partial charge in [0.25, 0.3) is 5.91 Å². The molecule has 3 aromatic carbocycles. The van der Waals surface area contributed by atoms with E-state index in [1.54, 1.807) is 6.20 Å². The number of nitrogens with zero attached hydrogens (tertiary/aromatic N) is 1. The number of halogens is 2. The van der Waals surface area contributed by atoms with Gasteiger partial charge in [-0.3, -0.25) is 9.78 Å². The van der Waals surface area contributed by atoms with E-state index < -0.39 is 11.6 Å². The number of hydrogen-bond donors (Lipinski definition) is 1. The fraction of sp³-hybridized carbons (Fsp3) is 0.0909. The molecule has 1 aromatic heterocycles. The smallest absolute Gasteiger partial charge is 0.253 e. The summed E-state index contributed by atoms with van der Waals surface area (Å²) >= 11 is 0. The summed E-state index contributed by atoms with van der Waals surface area (Å²) in [6.07, 6.45) is 1.99. The van der Waals surface area contributed by atoms with E-state index in [1.807, 2.05) is 42.5 Å². The molecule has 0 saturated carbocycles. The number of nitrogens with one attached hydrogen (secondary N) is 1. The van der Waals surface area contributed by atoms with Gasteiger partial charge < -0.3 is 5.32 Å². The number of aromatic nitrogens is 1. The summed E-state index contributed by atoms with van der Waals surface area (Å²) in [5.41, 5.74) is 1.61. The van der Waals surface area contributed by atoms with E-state index in [9.17, 15) is 13.6 Å². The van der Waals surface area contributed by atoms with Gasteiger partial charge in [0.15, 0.2) is 0 Å². The van der Waals surface area contributed by atoms with Crippen LogP contribution in [0, 0.1) is 11.6 Å². The van der Waals surface area contributed by atoms with Crippen molar-refractivity contribution in [1.82, 2.24) is 10.3 Å². The molecule has 27 heavy (non-hydrogen) atoms. The third-order valence-electron chi connectivity index (χ3n) is 4.48. The van der Waals surface area contributed by atoms with Gasteiger partial charge in [0.2, 0.25) is 0 Å². The Morgan fingerprint density at radius 2 is 1.67 bits per heavy atom. The number of amides is 1. The SMILES string of the molecule is O=C(NCCc1cc(F)cc(F)c1)c1cc2ccccc2c2cccnc12. The van der Waals surface area contributed by atoms with Crippen molar-refractivity contribution in [3.63, 3.8) is 0 Å². The highest BCUT2D eigenvalue weighted by atomic mass is 19.1. The number of benzene rings is 3. The zero-order chi connectivity index (χ0) is 18.8. The first-order valence-electron chi connectivity index (χ1n) is 8.61. The number of hydrogen-bond acceptors (Lipinski definition) is 2. The third-order valence-corrected chi connectivity index (χ3v) is 4.48. The van der Waals surface area contributed by atoms with Gasteiger partial charge in [0.05, 0.1) is 11.1 Å². The largest absolute Gasteiger partial charge is 0.352 e. The average Bonchev–Trinajstić information content (AvgIpc) is 2.66. The Labute approximate surface area is 154 Å². The summed E-state index contributed by atoms with van der Waals surface area (Å²) in [5, 5.41) is 5.72. The second-order valence-corrected chi connectivity index (χ2v) is 6.33. The fourth-order valence-corrected chi connectivity index (χ4v) is 3.27. The molecule has 0 radical (unpaired) electrons. The van der Waals surface area contributed by atoms with Crippen molar-refractivity contribution in [3.05, 3.63) is 89.6 Å². The van der Waals surface area contributed by atoms with Crippen LogP contribution in [0.3, 0.4) is 0 Å². The quantitative estimate of drug-likeness (QED) is 0.538. The van der Waals surface area contributed by atoms with E-state index in [2.05, 4.69) is 10.3 Å². The minimum absolute atomic E-state index is 0.263. The van der Waals surface area contributed by atoms with Gasteiger partial charge in [-0.15, -0.1) is 0 Å². The van der Waals surface area contributed by atoms with Crippen LogP contribution in [0.15, 0.2) is 66.9 Å². The van der Waals surface area contributed by atoms with E-state index in [0.29, 0.717) is 23.1 Å². The number of pyridine rings is 1. The minimum atomic E-state index is -0.624. The Morgan fingerprint density at radius 1 is 0.926 bits per heavy atom. The van der Waals surface area contributed by atoms with Gasteiger partial charge in [-0.25, -0.2) is 8.78 Å². The molecule has 3 nitrogen and oxygen atoms in total. The second kappa shape index (κ2) is 7.11. The molecule has 4 aromatic rings. The molecule has 134 valence electrons. The van der Waals surface area contributed by atoms with E-state index in [-0.39, 0.29) is 12.5 Å². The Hall–Kier alpha value is -3.34. The standard InChI is InChI=1S/C22H16F2N2O/c23-16-10-14(11-17(24)13-16)7-9-26-22(27)20-12-15-4-1-2-5-18(15)19-6-3-8-25-21(19)20/h1-6,8,10-13H,7,9H2,(H,26,27). The van der Waals surface area contributed by atoms with Crippen LogP contribution < -0.4 is 5.32 Å². The lowest BCUT2D eigenvalue weighted by Gasteiger charge is -2.10. The minimum Gasteiger partial charge on any atom is -0.352 e. The lowest BCUT2D eigenvalue weighted by Crippen LogP contribution is -2.26. The molecule has 1 heterocycles. The van der Waals surface area contributed by atoms with Crippen molar-refractivity contribution >= 4 is 27.6 Å². The Balaban J connectivity index is 1.60. The zero-order valence-electron chi connectivity index (χ0n) is 14.4. The van der Waals surface area contributed by atoms with E-state index in [4.69, 9.17) is 0 Å². The molecule has 0 aliphatic heterocycles. The highest BCUT2D eigenvalue weighted by Gasteiger charge is 2.13. The van der Waals surface area contributed by atoms with Crippen molar-refractivity contribution in [2.75, 3.05) is 6.54 Å². The van der Waals surface area contributed by atoms with Crippen LogP contribution in [0.1, 0.15) is 15.9 Å². The van der Waals surface area contributed by atoms with E-state index in [0.717, 1.165) is 22.2 Å². The highest BCUT2D eigenvalue weighted by molar-refractivity contribution is 6.15. The van der Waals surface area contributed by atoms with E-state index in [1.165, 1.54) is 12.1 Å². The summed E-state index contributed by atoms with van der Waals surface area (Å²) in [5.74, 6) is -1.51. The average molecular weight is 362 g/mol. The summed E-state index contributed by atoms with van der Waals surface area (Å²) < 4.78 is 26.5. The van der Waals surface area contributed by atoms with Crippen molar-refractivity contribution in [2.24, 2.45) is 0 Å². The molecule has 0 fully saturated rings. The first-order valence-corrected chi connectivity index (χ1v) is 8.61. The number of carbonyl (C=O) groups is 1. The molecule has 0 aliphatic carbocycles. The number of fused-ring (bicyclic) bond motifs is 3. The molecule has 4 rings (SSSR count). The summed E-state index contributed by atoms with van der Waals surface area (Å²) in [7, 11) is 0. The number of carbonyl (C=O) groups excluding carboxylic acids is 1. The Bertz CT molecular complexity index is 1140. The predicted molar refractivity (Wildman–Crippen MR) is 102 cm³/mol. The predicted octanol–water partition coefficient (Wildman–Crippen LogP) is 4.64. The van der Waals surface area contributed by atoms with Crippen LogP contribution in [0.4, 0.5) is 8.78 Å². The maximum absolute atomic E-state index is 13.3. The maximum Gasteiger partial charge on any atom is 0.253 e. The topological polar surface area (TPSA) is 42.0 Å². The van der Waals surface area contributed by atoms with Crippen LogP contribution in [-0.2, 0) is 6.42 Å². The van der Waals surface area contributed by atoms with Crippen LogP contribution in [0.25, 0.3) is 21.7 Å². The molecule has 0 spiro atoms. The molecule has 0 aliphatic rings. The normalized spacial score (nSPS) is 11.0. The first-order chi connectivity index (χ1) is 13.1. The van der Waals surface area contributed by atoms with Gasteiger partial charge in [0, 0.05) is 24.2 Å². The third kappa shape index (κ3) is 3.49. The fourth-order valence-electron chi connectivity index (χ4n) is 3.27. The molecular weight excluding hydrogens is 346 g/mol. The van der Waals surface area contributed by atoms with Crippen LogP contribution in [-0.4, -0.2) is 17.4 Å². The van der Waals surface area contributed by atoms with Crippen molar-refractivity contribution in [3.8, 4) is 0 Å². The lowest BCUT2D eigenvalue weighted by atomic mass is 10.0. The summed E-state index contributed by atoms with van der Waals surface area (Å²) in [4.78, 5) is 17.1. The summed E-state index contributed by atoms with van der Waals surface area (Å²) in [6.45, 7) is 0.267. The maximum atomic E-state index is 13.3. The zero-order valence-corrected chi connectivity index (χ0v) is 14.4. The number of rotatable bonds is 4. The van der Waals surface area contributed by atoms with Crippen molar-refractivity contribution in [2.45, 2.75) is 6.42 Å². The van der Waals surface area contributed by atoms with Gasteiger partial charge in [-0.2, -0.15) is 0 Å². The first kappa shape index (κ1) is 17.1. The molecule has 1 N–H and O–H groups in total. The summed E-state index contributed by atoms with van der Waals surface area (Å²) in [6, 6.07) is 16.8. The van der Waals surface area contributed by atoms with Gasteiger partial charge in [-0.1, -0.05) is 30.3 Å². The molecule has 5 heteroatoms.